The molecule has 1 aromatic heterocycles. The number of furan rings is 1. The highest BCUT2D eigenvalue weighted by atomic mass is 16.3. The second kappa shape index (κ2) is 10.4. The third-order valence-corrected chi connectivity index (χ3v) is 9.02. The van der Waals surface area contributed by atoms with Gasteiger partial charge in [0.05, 0.1) is 0 Å². The summed E-state index contributed by atoms with van der Waals surface area (Å²) in [6, 6.07) is 60.8. The van der Waals surface area contributed by atoms with Crippen molar-refractivity contribution in [2.75, 3.05) is 0 Å². The average molecular weight is 573 g/mol. The van der Waals surface area contributed by atoms with E-state index in [0.29, 0.717) is 0 Å². The third-order valence-electron chi connectivity index (χ3n) is 9.02. The van der Waals surface area contributed by atoms with E-state index in [0.717, 1.165) is 22.6 Å². The molecule has 1 nitrogen and oxygen atoms in total. The van der Waals surface area contributed by atoms with Crippen LogP contribution in [-0.4, -0.2) is 0 Å². The molecule has 9 aromatic rings. The van der Waals surface area contributed by atoms with Gasteiger partial charge in [0.2, 0.25) is 0 Å². The van der Waals surface area contributed by atoms with E-state index < -0.39 is 0 Å². The van der Waals surface area contributed by atoms with Crippen molar-refractivity contribution < 1.29 is 4.42 Å². The predicted octanol–water partition coefficient (Wildman–Crippen LogP) is 12.6. The molecule has 0 bridgehead atoms. The quantitative estimate of drug-likeness (QED) is 0.191. The van der Waals surface area contributed by atoms with E-state index in [1.54, 1.807) is 0 Å². The molecule has 0 radical (unpaired) electrons. The van der Waals surface area contributed by atoms with Crippen LogP contribution in [-0.2, 0) is 0 Å². The molecule has 0 amide bonds. The summed E-state index contributed by atoms with van der Waals surface area (Å²) in [6.45, 7) is 0. The summed E-state index contributed by atoms with van der Waals surface area (Å²) in [5.41, 5.74) is 7.00. The number of hydrogen-bond donors (Lipinski definition) is 0. The first-order valence-electron chi connectivity index (χ1n) is 15.4. The van der Waals surface area contributed by atoms with E-state index in [1.807, 2.05) is 0 Å². The molecule has 8 aromatic carbocycles. The first kappa shape index (κ1) is 25.6. The minimum absolute atomic E-state index is 0.859. The molecule has 1 heterocycles. The number of rotatable bonds is 4. The number of fused-ring (bicyclic) bond motifs is 4. The molecule has 0 saturated heterocycles. The number of benzene rings is 8. The van der Waals surface area contributed by atoms with E-state index in [1.165, 1.54) is 65.3 Å². The summed E-state index contributed by atoms with van der Waals surface area (Å²) in [4.78, 5) is 0. The third kappa shape index (κ3) is 4.32. The fraction of sp³-hybridized carbons (Fsp3) is 0. The lowest BCUT2D eigenvalue weighted by atomic mass is 9.91. The minimum Gasteiger partial charge on any atom is -0.456 e. The van der Waals surface area contributed by atoms with Gasteiger partial charge in [0.25, 0.3) is 0 Å². The van der Waals surface area contributed by atoms with Crippen LogP contribution < -0.4 is 0 Å². The summed E-state index contributed by atoms with van der Waals surface area (Å²) < 4.78 is 6.59. The van der Waals surface area contributed by atoms with Gasteiger partial charge in [-0.15, -0.1) is 0 Å². The van der Waals surface area contributed by atoms with Crippen molar-refractivity contribution in [2.24, 2.45) is 0 Å². The van der Waals surface area contributed by atoms with E-state index in [9.17, 15) is 0 Å². The first-order valence-corrected chi connectivity index (χ1v) is 15.4. The van der Waals surface area contributed by atoms with Crippen LogP contribution in [0.15, 0.2) is 174 Å². The van der Waals surface area contributed by atoms with Crippen molar-refractivity contribution in [3.05, 3.63) is 170 Å². The van der Waals surface area contributed by atoms with Crippen LogP contribution in [0.4, 0.5) is 0 Å². The molecule has 0 N–H and O–H groups in total. The van der Waals surface area contributed by atoms with Gasteiger partial charge >= 0.3 is 0 Å². The Morgan fingerprint density at radius 1 is 0.267 bits per heavy atom. The minimum atomic E-state index is 0.859. The molecule has 0 aliphatic heterocycles. The molecular weight excluding hydrogens is 544 g/mol. The maximum Gasteiger partial charge on any atom is 0.134 e. The van der Waals surface area contributed by atoms with Crippen LogP contribution in [0.1, 0.15) is 0 Å². The topological polar surface area (TPSA) is 13.1 Å². The zero-order valence-electron chi connectivity index (χ0n) is 24.6. The Balaban J connectivity index is 1.14. The largest absolute Gasteiger partial charge is 0.456 e. The smallest absolute Gasteiger partial charge is 0.134 e. The average Bonchev–Trinajstić information content (AvgIpc) is 3.60. The summed E-state index contributed by atoms with van der Waals surface area (Å²) in [5, 5.41) is 10.0. The Labute approximate surface area is 261 Å². The fourth-order valence-electron chi connectivity index (χ4n) is 6.95. The highest BCUT2D eigenvalue weighted by molar-refractivity contribution is 6.14. The summed E-state index contributed by atoms with van der Waals surface area (Å²) in [6.07, 6.45) is 0. The van der Waals surface area contributed by atoms with Crippen LogP contribution in [0.25, 0.3) is 88.0 Å². The van der Waals surface area contributed by atoms with Crippen LogP contribution in [0.2, 0.25) is 0 Å². The van der Waals surface area contributed by atoms with Gasteiger partial charge in [0, 0.05) is 11.1 Å². The summed E-state index contributed by atoms with van der Waals surface area (Å²) in [5.74, 6) is 1.72. The van der Waals surface area contributed by atoms with Crippen molar-refractivity contribution >= 4 is 43.1 Å². The van der Waals surface area contributed by atoms with Crippen LogP contribution in [0, 0.1) is 0 Å². The SMILES string of the molecule is c1cc(-c2ccc(-c3cccc(-c4c5ccccc5cc5ccccc45)c3)o2)cc(-c2c3ccccc3cc3ccccc23)c1. The summed E-state index contributed by atoms with van der Waals surface area (Å²) >= 11 is 0. The molecule has 0 aliphatic rings. The Morgan fingerprint density at radius 3 is 0.978 bits per heavy atom. The molecule has 0 fully saturated rings. The predicted molar refractivity (Wildman–Crippen MR) is 190 cm³/mol. The molecule has 9 rings (SSSR count). The van der Waals surface area contributed by atoms with Crippen molar-refractivity contribution in [2.45, 2.75) is 0 Å². The highest BCUT2D eigenvalue weighted by Gasteiger charge is 2.14. The Kier molecular flexibility index (Phi) is 5.89. The monoisotopic (exact) mass is 572 g/mol. The van der Waals surface area contributed by atoms with E-state index in [2.05, 4.69) is 170 Å². The summed E-state index contributed by atoms with van der Waals surface area (Å²) in [7, 11) is 0. The molecule has 1 heteroatoms. The van der Waals surface area contributed by atoms with Crippen LogP contribution >= 0.6 is 0 Å². The zero-order chi connectivity index (χ0) is 29.7. The van der Waals surface area contributed by atoms with Gasteiger partial charge in [0.1, 0.15) is 11.5 Å². The van der Waals surface area contributed by atoms with Crippen molar-refractivity contribution in [1.29, 1.82) is 0 Å². The number of hydrogen-bond acceptors (Lipinski definition) is 1. The molecule has 210 valence electrons. The lowest BCUT2D eigenvalue weighted by Crippen LogP contribution is -1.86. The fourth-order valence-corrected chi connectivity index (χ4v) is 6.95. The molecule has 0 saturated carbocycles. The maximum atomic E-state index is 6.59. The zero-order valence-corrected chi connectivity index (χ0v) is 24.6. The van der Waals surface area contributed by atoms with Crippen molar-refractivity contribution in [1.82, 2.24) is 0 Å². The lowest BCUT2D eigenvalue weighted by molar-refractivity contribution is 0.597. The molecular formula is C44H28O. The lowest BCUT2D eigenvalue weighted by Gasteiger charge is -2.13. The Hall–Kier alpha value is -5.92. The van der Waals surface area contributed by atoms with E-state index >= 15 is 0 Å². The molecule has 0 aliphatic carbocycles. The van der Waals surface area contributed by atoms with Gasteiger partial charge < -0.3 is 4.42 Å². The molecule has 0 spiro atoms. The highest BCUT2D eigenvalue weighted by Crippen LogP contribution is 2.40. The van der Waals surface area contributed by atoms with Gasteiger partial charge in [-0.1, -0.05) is 133 Å². The Morgan fingerprint density at radius 2 is 0.600 bits per heavy atom. The molecule has 0 unspecified atom stereocenters. The van der Waals surface area contributed by atoms with Crippen molar-refractivity contribution in [3.63, 3.8) is 0 Å². The van der Waals surface area contributed by atoms with E-state index in [4.69, 9.17) is 4.42 Å². The van der Waals surface area contributed by atoms with E-state index in [-0.39, 0.29) is 0 Å². The Bertz CT molecular complexity index is 2260. The van der Waals surface area contributed by atoms with Gasteiger partial charge in [-0.2, -0.15) is 0 Å². The van der Waals surface area contributed by atoms with Gasteiger partial charge in [-0.05, 0) is 102 Å². The second-order valence-corrected chi connectivity index (χ2v) is 11.7. The standard InChI is InChI=1S/C44H28O/c1-5-19-37-29(11-1)25-30-12-2-6-20-38(30)43(37)35-17-9-15-33(27-35)41-23-24-42(45-41)34-16-10-18-36(28-34)44-39-21-7-3-13-31(39)26-32-14-4-8-22-40(32)44/h1-28H. The van der Waals surface area contributed by atoms with Gasteiger partial charge in [-0.3, -0.25) is 0 Å². The van der Waals surface area contributed by atoms with Crippen molar-refractivity contribution in [3.8, 4) is 44.9 Å². The van der Waals surface area contributed by atoms with Gasteiger partial charge in [0.15, 0.2) is 0 Å². The van der Waals surface area contributed by atoms with Crippen LogP contribution in [0.5, 0.6) is 0 Å². The molecule has 0 atom stereocenters. The molecule has 45 heavy (non-hydrogen) atoms. The second-order valence-electron chi connectivity index (χ2n) is 11.7. The van der Waals surface area contributed by atoms with Crippen LogP contribution in [0.3, 0.4) is 0 Å². The normalized spacial score (nSPS) is 11.6. The first-order chi connectivity index (χ1) is 22.3. The maximum absolute atomic E-state index is 6.59. The van der Waals surface area contributed by atoms with Gasteiger partial charge in [-0.25, -0.2) is 0 Å².